The lowest BCUT2D eigenvalue weighted by Gasteiger charge is -2.23. The summed E-state index contributed by atoms with van der Waals surface area (Å²) in [6.07, 6.45) is 3.50. The molecule has 1 aliphatic heterocycles. The summed E-state index contributed by atoms with van der Waals surface area (Å²) in [5, 5.41) is 22.0. The molecule has 45 heavy (non-hydrogen) atoms. The molecular formula is C29H31N9O7. The molecule has 3 heterocycles. The predicted octanol–water partition coefficient (Wildman–Crippen LogP) is 2.67. The van der Waals surface area contributed by atoms with Gasteiger partial charge in [0.2, 0.25) is 11.9 Å². The molecular weight excluding hydrogens is 586 g/mol. The van der Waals surface area contributed by atoms with Crippen LogP contribution in [0, 0.1) is 24.0 Å². The van der Waals surface area contributed by atoms with Crippen LogP contribution in [0.3, 0.4) is 0 Å². The maximum Gasteiger partial charge on any atom is 0.297 e. The molecule has 2 aromatic carbocycles. The van der Waals surface area contributed by atoms with E-state index < -0.39 is 28.3 Å². The Morgan fingerprint density at radius 1 is 1.07 bits per heavy atom. The standard InChI is InChI=1S/C29H31N9O7/c1-4-37-21(12-16(3)35-37)28(41)34-29-33-19-13-17(26(30)39)11-15(2)23(19)36(29)8-6-5-7-32-22-20(38(42)43)14-18(27(31)40)24-25(22)45-10-9-44-24/h5-6,11-14,32H,4,7-10H2,1-3H3,(H2,30,39)(H2,31,40)(H,33,34,41). The molecule has 0 unspecified atom stereocenters. The van der Waals surface area contributed by atoms with Gasteiger partial charge in [0.15, 0.2) is 17.2 Å². The van der Waals surface area contributed by atoms with Gasteiger partial charge in [-0.05, 0) is 44.5 Å². The first-order chi connectivity index (χ1) is 21.5. The lowest BCUT2D eigenvalue weighted by molar-refractivity contribution is -0.384. The third-order valence-electron chi connectivity index (χ3n) is 7.08. The number of primary amides is 2. The minimum absolute atomic E-state index is 0.0330. The molecule has 0 saturated heterocycles. The number of anilines is 2. The number of aryl methyl sites for hydroxylation is 3. The number of aromatic nitrogens is 4. The van der Waals surface area contributed by atoms with Crippen LogP contribution in [-0.4, -0.2) is 61.7 Å². The second-order valence-corrected chi connectivity index (χ2v) is 10.2. The molecule has 5 rings (SSSR count). The summed E-state index contributed by atoms with van der Waals surface area (Å²) in [7, 11) is 0. The molecule has 0 bridgehead atoms. The van der Waals surface area contributed by atoms with Crippen LogP contribution in [0.25, 0.3) is 11.0 Å². The summed E-state index contributed by atoms with van der Waals surface area (Å²) in [5.41, 5.74) is 13.6. The number of hydrogen-bond donors (Lipinski definition) is 4. The number of benzene rings is 2. The van der Waals surface area contributed by atoms with Crippen LogP contribution in [0.15, 0.2) is 36.4 Å². The van der Waals surface area contributed by atoms with Crippen LogP contribution >= 0.6 is 0 Å². The van der Waals surface area contributed by atoms with Crippen molar-refractivity contribution in [3.05, 3.63) is 74.6 Å². The average molecular weight is 618 g/mol. The largest absolute Gasteiger partial charge is 0.485 e. The van der Waals surface area contributed by atoms with Crippen molar-refractivity contribution in [3.8, 4) is 11.5 Å². The Morgan fingerprint density at radius 3 is 2.47 bits per heavy atom. The zero-order valence-corrected chi connectivity index (χ0v) is 24.7. The van der Waals surface area contributed by atoms with Crippen molar-refractivity contribution in [1.82, 2.24) is 19.3 Å². The van der Waals surface area contributed by atoms with E-state index in [1.807, 2.05) is 6.92 Å². The second kappa shape index (κ2) is 12.4. The number of ether oxygens (including phenoxy) is 2. The molecule has 2 aromatic heterocycles. The first-order valence-electron chi connectivity index (χ1n) is 14.0. The highest BCUT2D eigenvalue weighted by Gasteiger charge is 2.31. The Hall–Kier alpha value is -5.93. The quantitative estimate of drug-likeness (QED) is 0.109. The zero-order valence-electron chi connectivity index (χ0n) is 24.7. The smallest absolute Gasteiger partial charge is 0.297 e. The Bertz CT molecular complexity index is 1890. The fraction of sp³-hybridized carbons (Fsp3) is 0.276. The Labute approximate surface area is 256 Å². The number of fused-ring (bicyclic) bond motifs is 2. The molecule has 0 spiro atoms. The second-order valence-electron chi connectivity index (χ2n) is 10.2. The van der Waals surface area contributed by atoms with Gasteiger partial charge in [0.05, 0.1) is 27.2 Å². The summed E-state index contributed by atoms with van der Waals surface area (Å²) < 4.78 is 14.5. The fourth-order valence-electron chi connectivity index (χ4n) is 5.15. The summed E-state index contributed by atoms with van der Waals surface area (Å²) in [6, 6.07) is 5.94. The highest BCUT2D eigenvalue weighted by Crippen LogP contribution is 2.46. The number of rotatable bonds is 11. The molecule has 234 valence electrons. The van der Waals surface area contributed by atoms with E-state index in [-0.39, 0.29) is 60.6 Å². The number of hydrogen-bond acceptors (Lipinski definition) is 10. The number of imidazole rings is 1. The first-order valence-corrected chi connectivity index (χ1v) is 14.0. The third kappa shape index (κ3) is 5.97. The molecule has 3 amide bonds. The van der Waals surface area contributed by atoms with Crippen molar-refractivity contribution in [3.63, 3.8) is 0 Å². The summed E-state index contributed by atoms with van der Waals surface area (Å²) in [4.78, 5) is 52.9. The van der Waals surface area contributed by atoms with Crippen LogP contribution < -0.4 is 31.6 Å². The number of nitrogens with zero attached hydrogens (tertiary/aromatic N) is 5. The number of nitro groups is 1. The van der Waals surface area contributed by atoms with Gasteiger partial charge in [-0.2, -0.15) is 5.10 Å². The van der Waals surface area contributed by atoms with Gasteiger partial charge in [0.25, 0.3) is 17.5 Å². The fourth-order valence-corrected chi connectivity index (χ4v) is 5.15. The number of nitrogens with two attached hydrogens (primary N) is 2. The van der Waals surface area contributed by atoms with Crippen LogP contribution in [0.2, 0.25) is 0 Å². The lowest BCUT2D eigenvalue weighted by atomic mass is 10.1. The molecule has 0 fully saturated rings. The van der Waals surface area contributed by atoms with E-state index in [2.05, 4.69) is 20.7 Å². The van der Waals surface area contributed by atoms with E-state index >= 15 is 0 Å². The minimum Gasteiger partial charge on any atom is -0.485 e. The van der Waals surface area contributed by atoms with Crippen LogP contribution in [0.5, 0.6) is 11.5 Å². The van der Waals surface area contributed by atoms with Gasteiger partial charge in [-0.25, -0.2) is 4.98 Å². The molecule has 0 saturated carbocycles. The number of allylic oxidation sites excluding steroid dienone is 1. The lowest BCUT2D eigenvalue weighted by Crippen LogP contribution is -2.22. The number of nitro benzene ring substituents is 1. The van der Waals surface area contributed by atoms with Gasteiger partial charge in [-0.3, -0.25) is 34.5 Å². The van der Waals surface area contributed by atoms with E-state index in [9.17, 15) is 24.5 Å². The van der Waals surface area contributed by atoms with Gasteiger partial charge >= 0.3 is 0 Å². The van der Waals surface area contributed by atoms with Crippen molar-refractivity contribution in [1.29, 1.82) is 0 Å². The Morgan fingerprint density at radius 2 is 1.80 bits per heavy atom. The highest BCUT2D eigenvalue weighted by atomic mass is 16.6. The first kappa shape index (κ1) is 30.5. The summed E-state index contributed by atoms with van der Waals surface area (Å²) >= 11 is 0. The van der Waals surface area contributed by atoms with E-state index in [1.54, 1.807) is 53.4 Å². The van der Waals surface area contributed by atoms with Crippen LogP contribution in [0.1, 0.15) is 49.4 Å². The molecule has 16 heteroatoms. The van der Waals surface area contributed by atoms with Gasteiger partial charge in [0.1, 0.15) is 18.9 Å². The molecule has 0 atom stereocenters. The molecule has 16 nitrogen and oxygen atoms in total. The van der Waals surface area contributed by atoms with Crippen molar-refractivity contribution in [2.45, 2.75) is 33.9 Å². The van der Waals surface area contributed by atoms with Crippen molar-refractivity contribution in [2.75, 3.05) is 30.4 Å². The van der Waals surface area contributed by atoms with E-state index in [0.717, 1.165) is 6.07 Å². The number of carbonyl (C=O) groups is 3. The summed E-state index contributed by atoms with van der Waals surface area (Å²) in [5.74, 6) is -1.59. The minimum atomic E-state index is -0.880. The third-order valence-corrected chi connectivity index (χ3v) is 7.08. The normalized spacial score (nSPS) is 12.4. The average Bonchev–Trinajstić information content (AvgIpc) is 3.55. The molecule has 1 aliphatic rings. The zero-order chi connectivity index (χ0) is 32.4. The maximum absolute atomic E-state index is 13.3. The molecule has 4 aromatic rings. The Balaban J connectivity index is 1.44. The van der Waals surface area contributed by atoms with E-state index in [1.165, 1.54) is 0 Å². The maximum atomic E-state index is 13.3. The predicted molar refractivity (Wildman–Crippen MR) is 164 cm³/mol. The van der Waals surface area contributed by atoms with E-state index in [0.29, 0.717) is 34.5 Å². The molecule has 0 radical (unpaired) electrons. The van der Waals surface area contributed by atoms with E-state index in [4.69, 9.17) is 20.9 Å². The van der Waals surface area contributed by atoms with Crippen LogP contribution in [0.4, 0.5) is 17.3 Å². The Kier molecular flexibility index (Phi) is 8.38. The van der Waals surface area contributed by atoms with Crippen LogP contribution in [-0.2, 0) is 13.1 Å². The molecule has 0 aliphatic carbocycles. The summed E-state index contributed by atoms with van der Waals surface area (Å²) in [6.45, 7) is 6.62. The number of nitrogens with one attached hydrogen (secondary N) is 2. The van der Waals surface area contributed by atoms with Crippen molar-refractivity contribution < 1.29 is 28.8 Å². The SMILES string of the molecule is CCn1nc(C)cc1C(=O)Nc1nc2cc(C(N)=O)cc(C)c2n1CC=CCNc1c([N+](=O)[O-])cc(C(N)=O)c2c1OCCO2. The number of carbonyl (C=O) groups excluding carboxylic acids is 3. The monoisotopic (exact) mass is 617 g/mol. The van der Waals surface area contributed by atoms with Gasteiger partial charge in [-0.15, -0.1) is 0 Å². The molecule has 6 N–H and O–H groups in total. The topological polar surface area (TPSA) is 225 Å². The van der Waals surface area contributed by atoms with Crippen molar-refractivity contribution in [2.24, 2.45) is 11.5 Å². The number of amides is 3. The highest BCUT2D eigenvalue weighted by molar-refractivity contribution is 6.04. The van der Waals surface area contributed by atoms with Gasteiger partial charge < -0.3 is 30.8 Å². The van der Waals surface area contributed by atoms with Crippen molar-refractivity contribution >= 4 is 46.1 Å². The van der Waals surface area contributed by atoms with Gasteiger partial charge in [-0.1, -0.05) is 12.2 Å². The van der Waals surface area contributed by atoms with Gasteiger partial charge in [0, 0.05) is 31.3 Å².